The number of hydrogen-bond acceptors (Lipinski definition) is 4. The van der Waals surface area contributed by atoms with Crippen molar-refractivity contribution in [2.24, 2.45) is 0 Å². The van der Waals surface area contributed by atoms with Gasteiger partial charge >= 0.3 is 5.97 Å². The van der Waals surface area contributed by atoms with Crippen LogP contribution in [0.15, 0.2) is 10.6 Å². The molecule has 1 amide bonds. The first-order valence-electron chi connectivity index (χ1n) is 5.06. The van der Waals surface area contributed by atoms with E-state index in [9.17, 15) is 9.59 Å². The molecule has 0 aromatic carbocycles. The summed E-state index contributed by atoms with van der Waals surface area (Å²) in [4.78, 5) is 24.2. The van der Waals surface area contributed by atoms with Crippen LogP contribution < -0.4 is 0 Å². The lowest BCUT2D eigenvalue weighted by Gasteiger charge is -2.19. The number of amides is 1. The summed E-state index contributed by atoms with van der Waals surface area (Å²) in [5.41, 5.74) is 0.172. The molecule has 16 heavy (non-hydrogen) atoms. The summed E-state index contributed by atoms with van der Waals surface area (Å²) in [5, 5.41) is 12.5. The number of likely N-dealkylation sites (tertiary alicyclic amines) is 1. The van der Waals surface area contributed by atoms with Crippen molar-refractivity contribution in [3.8, 4) is 0 Å². The van der Waals surface area contributed by atoms with E-state index in [1.54, 1.807) is 6.92 Å². The van der Waals surface area contributed by atoms with Crippen molar-refractivity contribution in [3.05, 3.63) is 17.5 Å². The van der Waals surface area contributed by atoms with Crippen LogP contribution in [0.1, 0.15) is 29.1 Å². The molecule has 0 radical (unpaired) electrons. The molecule has 1 aromatic heterocycles. The number of carbonyl (C=O) groups is 2. The average molecular weight is 224 g/mol. The molecule has 1 atom stereocenters. The second-order valence-corrected chi connectivity index (χ2v) is 3.82. The largest absolute Gasteiger partial charge is 0.480 e. The van der Waals surface area contributed by atoms with Gasteiger partial charge in [-0.3, -0.25) is 4.79 Å². The first-order chi connectivity index (χ1) is 7.59. The Bertz CT molecular complexity index is 426. The number of aliphatic carboxylic acids is 1. The molecule has 1 saturated heterocycles. The minimum Gasteiger partial charge on any atom is -0.480 e. The van der Waals surface area contributed by atoms with Gasteiger partial charge in [0.05, 0.1) is 0 Å². The number of carbonyl (C=O) groups excluding carboxylic acids is 1. The van der Waals surface area contributed by atoms with Gasteiger partial charge in [-0.15, -0.1) is 0 Å². The molecule has 0 aliphatic carbocycles. The van der Waals surface area contributed by atoms with Crippen LogP contribution in [-0.2, 0) is 4.79 Å². The van der Waals surface area contributed by atoms with Gasteiger partial charge in [0.2, 0.25) is 0 Å². The van der Waals surface area contributed by atoms with Gasteiger partial charge in [-0.2, -0.15) is 0 Å². The van der Waals surface area contributed by atoms with E-state index >= 15 is 0 Å². The summed E-state index contributed by atoms with van der Waals surface area (Å²) in [6.45, 7) is 2.14. The fourth-order valence-corrected chi connectivity index (χ4v) is 1.88. The number of carboxylic acids is 1. The predicted octanol–water partition coefficient (Wildman–Crippen LogP) is 0.672. The Morgan fingerprint density at radius 2 is 2.38 bits per heavy atom. The molecule has 6 heteroatoms. The zero-order chi connectivity index (χ0) is 11.7. The first kappa shape index (κ1) is 10.7. The number of nitrogens with zero attached hydrogens (tertiary/aromatic N) is 2. The van der Waals surface area contributed by atoms with E-state index in [4.69, 9.17) is 9.63 Å². The highest BCUT2D eigenvalue weighted by Crippen LogP contribution is 2.20. The number of aromatic nitrogens is 1. The Labute approximate surface area is 91.8 Å². The summed E-state index contributed by atoms with van der Waals surface area (Å²) in [5.74, 6) is -0.803. The quantitative estimate of drug-likeness (QED) is 0.798. The van der Waals surface area contributed by atoms with Gasteiger partial charge in [0.1, 0.15) is 11.8 Å². The van der Waals surface area contributed by atoms with E-state index in [2.05, 4.69) is 5.16 Å². The van der Waals surface area contributed by atoms with Crippen molar-refractivity contribution in [3.63, 3.8) is 0 Å². The van der Waals surface area contributed by atoms with Gasteiger partial charge in [0.15, 0.2) is 5.69 Å². The molecule has 1 N–H and O–H groups in total. The van der Waals surface area contributed by atoms with Crippen LogP contribution in [-0.4, -0.2) is 39.6 Å². The van der Waals surface area contributed by atoms with Gasteiger partial charge < -0.3 is 14.5 Å². The Morgan fingerprint density at radius 3 is 2.94 bits per heavy atom. The standard InChI is InChI=1S/C10H12N2O4/c1-6-5-7(11-16-6)9(13)12-4-2-3-8(12)10(14)15/h5,8H,2-4H2,1H3,(H,14,15). The zero-order valence-corrected chi connectivity index (χ0v) is 8.84. The Hall–Kier alpha value is -1.85. The van der Waals surface area contributed by atoms with Gasteiger partial charge in [-0.05, 0) is 19.8 Å². The normalized spacial score (nSPS) is 20.1. The highest BCUT2D eigenvalue weighted by Gasteiger charge is 2.35. The molecule has 1 fully saturated rings. The SMILES string of the molecule is Cc1cc(C(=O)N2CCCC2C(=O)O)no1. The molecule has 0 spiro atoms. The van der Waals surface area contributed by atoms with Crippen molar-refractivity contribution in [2.75, 3.05) is 6.54 Å². The van der Waals surface area contributed by atoms with E-state index < -0.39 is 12.0 Å². The Morgan fingerprint density at radius 1 is 1.62 bits per heavy atom. The molecule has 0 bridgehead atoms. The number of rotatable bonds is 2. The van der Waals surface area contributed by atoms with E-state index in [1.165, 1.54) is 11.0 Å². The third-order valence-electron chi connectivity index (χ3n) is 2.65. The molecule has 1 aliphatic heterocycles. The van der Waals surface area contributed by atoms with E-state index in [0.717, 1.165) is 0 Å². The third-order valence-corrected chi connectivity index (χ3v) is 2.65. The van der Waals surface area contributed by atoms with E-state index in [1.807, 2.05) is 0 Å². The first-order valence-corrected chi connectivity index (χ1v) is 5.06. The smallest absolute Gasteiger partial charge is 0.326 e. The van der Waals surface area contributed by atoms with Crippen molar-refractivity contribution in [1.29, 1.82) is 0 Å². The van der Waals surface area contributed by atoms with Gasteiger partial charge in [0, 0.05) is 12.6 Å². The summed E-state index contributed by atoms with van der Waals surface area (Å²) in [6.07, 6.45) is 1.21. The lowest BCUT2D eigenvalue weighted by atomic mass is 10.2. The maximum absolute atomic E-state index is 11.9. The Balaban J connectivity index is 2.18. The van der Waals surface area contributed by atoms with E-state index in [0.29, 0.717) is 25.1 Å². The van der Waals surface area contributed by atoms with Crippen molar-refractivity contribution < 1.29 is 19.2 Å². The molecule has 2 rings (SSSR count). The fourth-order valence-electron chi connectivity index (χ4n) is 1.88. The summed E-state index contributed by atoms with van der Waals surface area (Å²) in [7, 11) is 0. The van der Waals surface area contributed by atoms with Crippen LogP contribution in [0.2, 0.25) is 0 Å². The lowest BCUT2D eigenvalue weighted by Crippen LogP contribution is -2.40. The molecular weight excluding hydrogens is 212 g/mol. The molecule has 6 nitrogen and oxygen atoms in total. The number of aryl methyl sites for hydroxylation is 1. The predicted molar refractivity (Wildman–Crippen MR) is 52.9 cm³/mol. The third kappa shape index (κ3) is 1.78. The van der Waals surface area contributed by atoms with Gasteiger partial charge in [0.25, 0.3) is 5.91 Å². The number of hydrogen-bond donors (Lipinski definition) is 1. The van der Waals surface area contributed by atoms with Gasteiger partial charge in [-0.25, -0.2) is 4.79 Å². The molecule has 0 saturated carbocycles. The second kappa shape index (κ2) is 3.96. The molecule has 1 unspecified atom stereocenters. The maximum atomic E-state index is 11.9. The second-order valence-electron chi connectivity index (χ2n) is 3.82. The van der Waals surface area contributed by atoms with Crippen LogP contribution in [0, 0.1) is 6.92 Å². The van der Waals surface area contributed by atoms with Crippen LogP contribution in [0.5, 0.6) is 0 Å². The molecule has 1 aliphatic rings. The van der Waals surface area contributed by atoms with E-state index in [-0.39, 0.29) is 11.6 Å². The van der Waals surface area contributed by atoms with Crippen molar-refractivity contribution >= 4 is 11.9 Å². The molecule has 86 valence electrons. The highest BCUT2D eigenvalue weighted by molar-refractivity contribution is 5.95. The summed E-state index contributed by atoms with van der Waals surface area (Å²) < 4.78 is 4.80. The molecule has 2 heterocycles. The fraction of sp³-hybridized carbons (Fsp3) is 0.500. The van der Waals surface area contributed by atoms with Crippen molar-refractivity contribution in [2.45, 2.75) is 25.8 Å². The summed E-state index contributed by atoms with van der Waals surface area (Å²) in [6, 6.07) is 0.782. The minimum absolute atomic E-state index is 0.172. The van der Waals surface area contributed by atoms with Crippen LogP contribution in [0.25, 0.3) is 0 Å². The monoisotopic (exact) mass is 224 g/mol. The lowest BCUT2D eigenvalue weighted by molar-refractivity contribution is -0.141. The van der Waals surface area contributed by atoms with Gasteiger partial charge in [-0.1, -0.05) is 5.16 Å². The average Bonchev–Trinajstić information content (AvgIpc) is 2.84. The number of carboxylic acid groups (broad SMARTS) is 1. The highest BCUT2D eigenvalue weighted by atomic mass is 16.5. The zero-order valence-electron chi connectivity index (χ0n) is 8.84. The van der Waals surface area contributed by atoms with Crippen molar-refractivity contribution in [1.82, 2.24) is 10.1 Å². The topological polar surface area (TPSA) is 83.6 Å². The molecule has 1 aromatic rings. The van der Waals surface area contributed by atoms with Crippen LogP contribution in [0.3, 0.4) is 0 Å². The van der Waals surface area contributed by atoms with Crippen LogP contribution in [0.4, 0.5) is 0 Å². The molecular formula is C10H12N2O4. The minimum atomic E-state index is -0.967. The van der Waals surface area contributed by atoms with Crippen LogP contribution >= 0.6 is 0 Å². The maximum Gasteiger partial charge on any atom is 0.326 e. The Kier molecular flexibility index (Phi) is 2.64. The summed E-state index contributed by atoms with van der Waals surface area (Å²) >= 11 is 0.